The number of carbonyl (C=O) groups is 1. The Morgan fingerprint density at radius 2 is 2.00 bits per heavy atom. The van der Waals surface area contributed by atoms with Crippen LogP contribution in [0.4, 0.5) is 4.39 Å². The first-order valence-electron chi connectivity index (χ1n) is 12.0. The van der Waals surface area contributed by atoms with Crippen LogP contribution in [0, 0.1) is 11.7 Å². The van der Waals surface area contributed by atoms with Crippen LogP contribution < -0.4 is 10.6 Å². The molecule has 1 aromatic carbocycles. The van der Waals surface area contributed by atoms with Gasteiger partial charge in [-0.3, -0.25) is 4.79 Å². The van der Waals surface area contributed by atoms with Gasteiger partial charge in [0.05, 0.1) is 17.5 Å². The van der Waals surface area contributed by atoms with Crippen molar-refractivity contribution in [3.63, 3.8) is 0 Å². The molecule has 0 aromatic heterocycles. The number of ether oxygens (including phenoxy) is 2. The van der Waals surface area contributed by atoms with E-state index in [0.717, 1.165) is 0 Å². The van der Waals surface area contributed by atoms with Gasteiger partial charge in [0.1, 0.15) is 41.7 Å². The van der Waals surface area contributed by atoms with Gasteiger partial charge in [-0.15, -0.1) is 23.4 Å². The first-order valence-corrected chi connectivity index (χ1v) is 13.7. The molecule has 8 nitrogen and oxygen atoms in total. The summed E-state index contributed by atoms with van der Waals surface area (Å²) >= 11 is 7.58. The molecule has 0 spiro atoms. The fourth-order valence-electron chi connectivity index (χ4n) is 5.47. The normalized spacial score (nSPS) is 39.3. The van der Waals surface area contributed by atoms with Crippen LogP contribution in [0.15, 0.2) is 24.3 Å². The molecule has 11 heteroatoms. The monoisotopic (exact) mass is 532 g/mol. The van der Waals surface area contributed by atoms with Gasteiger partial charge in [-0.2, -0.15) is 0 Å². The number of fused-ring (bicyclic) bond motifs is 1. The molecule has 0 bridgehead atoms. The summed E-state index contributed by atoms with van der Waals surface area (Å²) in [5.74, 6) is -0.541. The average molecular weight is 533 g/mol. The maximum atomic E-state index is 14.4. The molecule has 3 heterocycles. The molecule has 3 aliphatic rings. The predicted molar refractivity (Wildman–Crippen MR) is 131 cm³/mol. The Labute approximate surface area is 213 Å². The zero-order chi connectivity index (χ0) is 25.3. The standard InChI is InChI=1S/C24H34ClFN2O6S/c1-11(25)16(22-19(30)18(29)20(31)24(34-22)35-2)28-23(32)17-21-13(10-27-17)9-12(7-8-33-21)14-5-3-4-6-15(14)26/h3-6,11-13,16-22,24,27,29-31H,7-10H2,1-2H3,(H,28,32)/t11-,12-,13-,16+,17-,18+,19?,20+,21+,22+,24?/m0/s1. The summed E-state index contributed by atoms with van der Waals surface area (Å²) in [6.07, 6.45) is -2.45. The van der Waals surface area contributed by atoms with E-state index in [1.807, 2.05) is 12.1 Å². The van der Waals surface area contributed by atoms with E-state index in [-0.39, 0.29) is 29.7 Å². The smallest absolute Gasteiger partial charge is 0.240 e. The molecular weight excluding hydrogens is 499 g/mol. The van der Waals surface area contributed by atoms with Crippen LogP contribution in [0.5, 0.6) is 0 Å². The minimum absolute atomic E-state index is 0.00704. The summed E-state index contributed by atoms with van der Waals surface area (Å²) in [4.78, 5) is 13.4. The molecule has 2 unspecified atom stereocenters. The third-order valence-electron chi connectivity index (χ3n) is 7.38. The van der Waals surface area contributed by atoms with Gasteiger partial charge in [0.2, 0.25) is 5.91 Å². The lowest BCUT2D eigenvalue weighted by Gasteiger charge is -2.44. The van der Waals surface area contributed by atoms with E-state index in [1.165, 1.54) is 17.8 Å². The van der Waals surface area contributed by atoms with Crippen molar-refractivity contribution in [2.24, 2.45) is 5.92 Å². The molecule has 0 aliphatic carbocycles. The minimum Gasteiger partial charge on any atom is -0.388 e. The number of aliphatic hydroxyl groups is 3. The highest BCUT2D eigenvalue weighted by Gasteiger charge is 2.49. The Kier molecular flexibility index (Phi) is 8.97. The van der Waals surface area contributed by atoms with Crippen LogP contribution in [-0.4, -0.2) is 94.1 Å². The number of amides is 1. The number of alkyl halides is 1. The maximum absolute atomic E-state index is 14.4. The van der Waals surface area contributed by atoms with Crippen molar-refractivity contribution in [2.45, 2.75) is 79.1 Å². The summed E-state index contributed by atoms with van der Waals surface area (Å²) in [6.45, 7) is 2.63. The molecule has 196 valence electrons. The molecule has 3 fully saturated rings. The number of nitrogens with one attached hydrogen (secondary N) is 2. The van der Waals surface area contributed by atoms with Crippen LogP contribution >= 0.6 is 23.4 Å². The second-order valence-electron chi connectivity index (χ2n) is 9.61. The molecule has 35 heavy (non-hydrogen) atoms. The second-order valence-corrected chi connectivity index (χ2v) is 11.2. The first-order chi connectivity index (χ1) is 16.7. The Morgan fingerprint density at radius 3 is 2.69 bits per heavy atom. The SMILES string of the molecule is CSC1O[C@H]([C@H](NC(=O)[C@H]2NC[C@@H]3C[C@@H](c4ccccc4F)CCO[C@H]32)[C@H](C)Cl)C(O)[C@@H](O)[C@H]1O. The van der Waals surface area contributed by atoms with Crippen molar-refractivity contribution in [1.29, 1.82) is 0 Å². The van der Waals surface area contributed by atoms with Gasteiger partial charge in [0.15, 0.2) is 0 Å². The fourth-order valence-corrected chi connectivity index (χ4v) is 6.36. The number of hydrogen-bond acceptors (Lipinski definition) is 8. The van der Waals surface area contributed by atoms with Gasteiger partial charge in [0.25, 0.3) is 0 Å². The van der Waals surface area contributed by atoms with Crippen molar-refractivity contribution in [2.75, 3.05) is 19.4 Å². The molecule has 5 N–H and O–H groups in total. The molecule has 1 amide bonds. The van der Waals surface area contributed by atoms with Crippen molar-refractivity contribution in [3.05, 3.63) is 35.6 Å². The van der Waals surface area contributed by atoms with Crippen LogP contribution in [0.3, 0.4) is 0 Å². The molecular formula is C24H34ClFN2O6S. The van der Waals surface area contributed by atoms with E-state index >= 15 is 0 Å². The highest BCUT2D eigenvalue weighted by atomic mass is 35.5. The summed E-state index contributed by atoms with van der Waals surface area (Å²) in [7, 11) is 0. The molecule has 1 aromatic rings. The lowest BCUT2D eigenvalue weighted by atomic mass is 9.85. The first kappa shape index (κ1) is 27.1. The lowest BCUT2D eigenvalue weighted by Crippen LogP contribution is -2.65. The van der Waals surface area contributed by atoms with Gasteiger partial charge < -0.3 is 35.4 Å². The number of aliphatic hydroxyl groups excluding tert-OH is 3. The maximum Gasteiger partial charge on any atom is 0.240 e. The molecule has 11 atom stereocenters. The van der Waals surface area contributed by atoms with Crippen LogP contribution in [0.1, 0.15) is 31.2 Å². The van der Waals surface area contributed by atoms with Gasteiger partial charge in [-0.05, 0) is 43.6 Å². The quantitative estimate of drug-likeness (QED) is 0.344. The predicted octanol–water partition coefficient (Wildman–Crippen LogP) is 0.959. The average Bonchev–Trinajstić information content (AvgIpc) is 3.12. The number of benzene rings is 1. The molecule has 0 radical (unpaired) electrons. The zero-order valence-electron chi connectivity index (χ0n) is 19.7. The van der Waals surface area contributed by atoms with E-state index in [1.54, 1.807) is 19.2 Å². The van der Waals surface area contributed by atoms with Crippen LogP contribution in [-0.2, 0) is 14.3 Å². The number of hydrogen-bond donors (Lipinski definition) is 5. The van der Waals surface area contributed by atoms with Crippen molar-refractivity contribution in [1.82, 2.24) is 10.6 Å². The van der Waals surface area contributed by atoms with Gasteiger partial charge in [-0.1, -0.05) is 18.2 Å². The van der Waals surface area contributed by atoms with E-state index in [0.29, 0.717) is 31.6 Å². The van der Waals surface area contributed by atoms with E-state index in [2.05, 4.69) is 10.6 Å². The zero-order valence-corrected chi connectivity index (χ0v) is 21.3. The van der Waals surface area contributed by atoms with Gasteiger partial charge >= 0.3 is 0 Å². The van der Waals surface area contributed by atoms with Gasteiger partial charge in [-0.25, -0.2) is 4.39 Å². The molecule has 3 aliphatic heterocycles. The Bertz CT molecular complexity index is 882. The Hall–Kier alpha value is -0.980. The molecule has 4 rings (SSSR count). The van der Waals surface area contributed by atoms with Crippen molar-refractivity contribution >= 4 is 29.3 Å². The number of rotatable bonds is 6. The molecule has 0 saturated carbocycles. The lowest BCUT2D eigenvalue weighted by molar-refractivity contribution is -0.205. The number of thioether (sulfide) groups is 1. The van der Waals surface area contributed by atoms with E-state index in [9.17, 15) is 24.5 Å². The highest BCUT2D eigenvalue weighted by Crippen LogP contribution is 2.37. The number of halogens is 2. The largest absolute Gasteiger partial charge is 0.388 e. The highest BCUT2D eigenvalue weighted by molar-refractivity contribution is 7.99. The topological polar surface area (TPSA) is 120 Å². The van der Waals surface area contributed by atoms with Gasteiger partial charge in [0, 0.05) is 19.1 Å². The number of carbonyl (C=O) groups excluding carboxylic acids is 1. The van der Waals surface area contributed by atoms with E-state index < -0.39 is 47.3 Å². The third-order valence-corrected chi connectivity index (χ3v) is 8.51. The summed E-state index contributed by atoms with van der Waals surface area (Å²) in [5.41, 5.74) is -0.101. The van der Waals surface area contributed by atoms with E-state index in [4.69, 9.17) is 21.1 Å². The fraction of sp³-hybridized carbons (Fsp3) is 0.708. The third kappa shape index (κ3) is 5.65. The van der Waals surface area contributed by atoms with Crippen molar-refractivity contribution in [3.8, 4) is 0 Å². The summed E-state index contributed by atoms with van der Waals surface area (Å²) in [5, 5.41) is 36.5. The Balaban J connectivity index is 1.45. The van der Waals surface area contributed by atoms with Crippen molar-refractivity contribution < 1.29 is 34.0 Å². The molecule has 3 saturated heterocycles. The Morgan fingerprint density at radius 1 is 1.26 bits per heavy atom. The second kappa shape index (κ2) is 11.6. The summed E-state index contributed by atoms with van der Waals surface area (Å²) < 4.78 is 26.3. The van der Waals surface area contributed by atoms with Crippen LogP contribution in [0.2, 0.25) is 0 Å². The summed E-state index contributed by atoms with van der Waals surface area (Å²) in [6, 6.07) is 5.31. The van der Waals surface area contributed by atoms with Crippen LogP contribution in [0.25, 0.3) is 0 Å². The minimum atomic E-state index is -1.43.